The van der Waals surface area contributed by atoms with E-state index in [-0.39, 0.29) is 29.3 Å². The van der Waals surface area contributed by atoms with Crippen molar-refractivity contribution < 1.29 is 24.1 Å². The summed E-state index contributed by atoms with van der Waals surface area (Å²) in [5, 5.41) is 10.9. The highest BCUT2D eigenvalue weighted by atomic mass is 16.6. The van der Waals surface area contributed by atoms with Gasteiger partial charge in [0.1, 0.15) is 18.3 Å². The van der Waals surface area contributed by atoms with Gasteiger partial charge in [0.25, 0.3) is 0 Å². The Labute approximate surface area is 148 Å². The lowest BCUT2D eigenvalue weighted by Gasteiger charge is -2.61. The summed E-state index contributed by atoms with van der Waals surface area (Å²) in [5.41, 5.74) is -1.78. The van der Waals surface area contributed by atoms with Gasteiger partial charge in [0.2, 0.25) is 0 Å². The van der Waals surface area contributed by atoms with Crippen molar-refractivity contribution in [3.05, 3.63) is 12.3 Å². The molecule has 5 aliphatic rings. The highest BCUT2D eigenvalue weighted by molar-refractivity contribution is 5.80. The molecule has 2 spiro atoms. The molecule has 5 nitrogen and oxygen atoms in total. The first-order chi connectivity index (χ1) is 11.8. The molecule has 2 aliphatic carbocycles. The summed E-state index contributed by atoms with van der Waals surface area (Å²) in [4.78, 5) is 12.7. The number of ether oxygens (including phenoxy) is 3. The van der Waals surface area contributed by atoms with Crippen LogP contribution < -0.4 is 0 Å². The van der Waals surface area contributed by atoms with E-state index in [1.165, 1.54) is 0 Å². The summed E-state index contributed by atoms with van der Waals surface area (Å²) in [7, 11) is 0. The van der Waals surface area contributed by atoms with E-state index in [1.807, 2.05) is 6.08 Å². The summed E-state index contributed by atoms with van der Waals surface area (Å²) in [6.07, 6.45) is 7.26. The second-order valence-corrected chi connectivity index (χ2v) is 9.53. The summed E-state index contributed by atoms with van der Waals surface area (Å²) in [6, 6.07) is 0. The van der Waals surface area contributed by atoms with Crippen molar-refractivity contribution >= 4 is 5.97 Å². The van der Waals surface area contributed by atoms with Crippen LogP contribution in [0.3, 0.4) is 0 Å². The summed E-state index contributed by atoms with van der Waals surface area (Å²) < 4.78 is 18.1. The van der Waals surface area contributed by atoms with E-state index in [0.717, 1.165) is 25.7 Å². The van der Waals surface area contributed by atoms with Gasteiger partial charge in [0, 0.05) is 17.8 Å². The second-order valence-electron chi connectivity index (χ2n) is 9.53. The number of hydrogen-bond acceptors (Lipinski definition) is 5. The number of rotatable bonds is 0. The molecule has 2 saturated heterocycles. The number of carbonyl (C=O) groups is 1. The Hall–Kier alpha value is -1.07. The minimum atomic E-state index is -0.735. The van der Waals surface area contributed by atoms with Gasteiger partial charge in [-0.15, -0.1) is 0 Å². The van der Waals surface area contributed by atoms with Crippen molar-refractivity contribution in [3.63, 3.8) is 0 Å². The zero-order valence-corrected chi connectivity index (χ0v) is 15.3. The van der Waals surface area contributed by atoms with E-state index < -0.39 is 22.7 Å². The average molecular weight is 348 g/mol. The number of aliphatic hydroxyl groups excluding tert-OH is 1. The number of esters is 1. The van der Waals surface area contributed by atoms with Crippen molar-refractivity contribution in [2.75, 3.05) is 6.61 Å². The van der Waals surface area contributed by atoms with E-state index in [4.69, 9.17) is 14.2 Å². The third-order valence-corrected chi connectivity index (χ3v) is 8.40. The van der Waals surface area contributed by atoms with Crippen LogP contribution in [0.15, 0.2) is 12.3 Å². The van der Waals surface area contributed by atoms with E-state index >= 15 is 0 Å². The molecule has 2 saturated carbocycles. The normalized spacial score (nSPS) is 59.3. The average Bonchev–Trinajstić information content (AvgIpc) is 3.19. The molecule has 1 N–H and O–H groups in total. The third-order valence-electron chi connectivity index (χ3n) is 8.40. The zero-order valence-electron chi connectivity index (χ0n) is 15.3. The third kappa shape index (κ3) is 1.65. The highest BCUT2D eigenvalue weighted by Gasteiger charge is 2.75. The van der Waals surface area contributed by atoms with Crippen LogP contribution in [0, 0.1) is 22.7 Å². The fourth-order valence-electron chi connectivity index (χ4n) is 7.21. The molecule has 25 heavy (non-hydrogen) atoms. The highest BCUT2D eigenvalue weighted by Crippen LogP contribution is 2.70. The van der Waals surface area contributed by atoms with Crippen LogP contribution in [0.4, 0.5) is 0 Å². The van der Waals surface area contributed by atoms with Crippen LogP contribution >= 0.6 is 0 Å². The van der Waals surface area contributed by atoms with Gasteiger partial charge in [-0.25, -0.2) is 0 Å². The lowest BCUT2D eigenvalue weighted by Crippen LogP contribution is -2.65. The van der Waals surface area contributed by atoms with Crippen molar-refractivity contribution in [2.24, 2.45) is 22.7 Å². The first-order valence-corrected chi connectivity index (χ1v) is 9.66. The molecule has 4 fully saturated rings. The molecule has 0 aromatic carbocycles. The first kappa shape index (κ1) is 16.1. The van der Waals surface area contributed by atoms with Crippen LogP contribution in [0.5, 0.6) is 0 Å². The minimum absolute atomic E-state index is 0.0175. The summed E-state index contributed by atoms with van der Waals surface area (Å²) >= 11 is 0. The molecule has 138 valence electrons. The lowest BCUT2D eigenvalue weighted by atomic mass is 9.44. The quantitative estimate of drug-likeness (QED) is 0.682. The van der Waals surface area contributed by atoms with Crippen LogP contribution in [-0.4, -0.2) is 41.1 Å². The molecule has 0 unspecified atom stereocenters. The fourth-order valence-corrected chi connectivity index (χ4v) is 7.21. The monoisotopic (exact) mass is 348 g/mol. The largest absolute Gasteiger partial charge is 0.498 e. The molecule has 8 atom stereocenters. The van der Waals surface area contributed by atoms with Gasteiger partial charge in [0.15, 0.2) is 0 Å². The van der Waals surface area contributed by atoms with E-state index in [1.54, 1.807) is 6.26 Å². The lowest BCUT2D eigenvalue weighted by molar-refractivity contribution is -0.247. The Kier molecular flexibility index (Phi) is 2.97. The topological polar surface area (TPSA) is 65.0 Å². The maximum atomic E-state index is 12.7. The molecule has 5 heteroatoms. The van der Waals surface area contributed by atoms with E-state index in [0.29, 0.717) is 13.0 Å². The van der Waals surface area contributed by atoms with Crippen LogP contribution in [0.25, 0.3) is 0 Å². The molecule has 0 aromatic rings. The maximum absolute atomic E-state index is 12.7. The number of carbonyl (C=O) groups excluding carboxylic acids is 1. The number of aliphatic hydroxyl groups is 1. The summed E-state index contributed by atoms with van der Waals surface area (Å²) in [5.74, 6) is 0.344. The van der Waals surface area contributed by atoms with Crippen LogP contribution in [0.2, 0.25) is 0 Å². The van der Waals surface area contributed by atoms with Gasteiger partial charge in [-0.05, 0) is 38.2 Å². The smallest absolute Gasteiger partial charge is 0.312 e. The molecule has 0 aromatic heterocycles. The van der Waals surface area contributed by atoms with Gasteiger partial charge < -0.3 is 19.3 Å². The van der Waals surface area contributed by atoms with Gasteiger partial charge in [0.05, 0.1) is 23.4 Å². The standard InChI is InChI=1S/C20H28O5/c1-12-9-13-15-17(2,16(22)24-13)5-4-6-18(15,3)20(12)10-14(21)19(25-20)7-8-23-11-19/h7-8,12-15,21H,4-6,9-11H2,1-3H3/t12-,13-,14+,15+,17+,18+,19-,20-/m1/s1. The van der Waals surface area contributed by atoms with E-state index in [2.05, 4.69) is 20.8 Å². The predicted molar refractivity (Wildman–Crippen MR) is 89.5 cm³/mol. The fraction of sp³-hybridized carbons (Fsp3) is 0.850. The molecule has 0 bridgehead atoms. The molecule has 3 heterocycles. The van der Waals surface area contributed by atoms with Crippen molar-refractivity contribution in [1.82, 2.24) is 0 Å². The Morgan fingerprint density at radius 2 is 2.08 bits per heavy atom. The van der Waals surface area contributed by atoms with E-state index in [9.17, 15) is 9.90 Å². The Morgan fingerprint density at radius 3 is 2.80 bits per heavy atom. The molecular weight excluding hydrogens is 320 g/mol. The first-order valence-electron chi connectivity index (χ1n) is 9.66. The van der Waals surface area contributed by atoms with Gasteiger partial charge in [-0.3, -0.25) is 4.79 Å². The predicted octanol–water partition coefficient (Wildman–Crippen LogP) is 2.57. The van der Waals surface area contributed by atoms with Crippen LogP contribution in [-0.2, 0) is 19.0 Å². The van der Waals surface area contributed by atoms with Crippen molar-refractivity contribution in [1.29, 1.82) is 0 Å². The van der Waals surface area contributed by atoms with Crippen LogP contribution in [0.1, 0.15) is 52.9 Å². The molecule has 5 rings (SSSR count). The minimum Gasteiger partial charge on any atom is -0.498 e. The molecular formula is C20H28O5. The molecule has 3 aliphatic heterocycles. The second kappa shape index (κ2) is 4.61. The number of hydrogen-bond donors (Lipinski definition) is 1. The Morgan fingerprint density at radius 1 is 1.28 bits per heavy atom. The molecule has 0 amide bonds. The van der Waals surface area contributed by atoms with Crippen molar-refractivity contribution in [2.45, 2.75) is 76.3 Å². The zero-order chi connectivity index (χ0) is 17.7. The molecule has 0 radical (unpaired) electrons. The Balaban J connectivity index is 1.64. The van der Waals surface area contributed by atoms with Crippen molar-refractivity contribution in [3.8, 4) is 0 Å². The number of fused-ring (bicyclic) bond motifs is 1. The van der Waals surface area contributed by atoms with Gasteiger partial charge in [-0.1, -0.05) is 20.3 Å². The summed E-state index contributed by atoms with van der Waals surface area (Å²) in [6.45, 7) is 6.94. The van der Waals surface area contributed by atoms with Gasteiger partial charge >= 0.3 is 5.97 Å². The SMILES string of the molecule is C[C@@H]1C[C@H]2OC(=O)[C@@]3(C)CCC[C@@](C)([C@@H]23)[C@@]12C[C@H](O)[C@]1(C=COC1)O2. The maximum Gasteiger partial charge on any atom is 0.312 e. The Bertz CT molecular complexity index is 660. The van der Waals surface area contributed by atoms with Gasteiger partial charge in [-0.2, -0.15) is 0 Å².